The van der Waals surface area contributed by atoms with Crippen molar-refractivity contribution in [3.05, 3.63) is 43.0 Å². The minimum atomic E-state index is -2.13. The molecular weight excluding hydrogens is 528 g/mol. The van der Waals surface area contributed by atoms with Crippen molar-refractivity contribution >= 4 is 47.7 Å². The number of hydrogen-bond donors (Lipinski definition) is 2. The molecule has 1 aliphatic heterocycles. The number of fused-ring (bicyclic) bond motifs is 3. The van der Waals surface area contributed by atoms with Crippen molar-refractivity contribution < 1.29 is 4.80 Å². The van der Waals surface area contributed by atoms with Crippen LogP contribution >= 0.6 is 0 Å². The number of nitrogens with one attached hydrogen (secondary N) is 1. The maximum Gasteiger partial charge on any atom is 0.230 e. The highest BCUT2D eigenvalue weighted by molar-refractivity contribution is 6.72. The van der Waals surface area contributed by atoms with Crippen molar-refractivity contribution in [3.8, 4) is 0 Å². The smallest absolute Gasteiger partial charge is 0.230 e. The van der Waals surface area contributed by atoms with Crippen molar-refractivity contribution in [1.29, 1.82) is 0 Å². The first-order valence-corrected chi connectivity index (χ1v) is 18.2. The van der Waals surface area contributed by atoms with E-state index < -0.39 is 8.32 Å². The van der Waals surface area contributed by atoms with E-state index in [0.29, 0.717) is 12.0 Å². The molecule has 5 heterocycles. The van der Waals surface area contributed by atoms with Crippen LogP contribution in [0.4, 0.5) is 17.5 Å². The van der Waals surface area contributed by atoms with E-state index in [9.17, 15) is 4.80 Å². The molecule has 0 unspecified atom stereocenters. The molecule has 1 aliphatic carbocycles. The highest BCUT2D eigenvalue weighted by atomic mass is 28.4. The Morgan fingerprint density at radius 2 is 1.76 bits per heavy atom. The predicted octanol–water partition coefficient (Wildman–Crippen LogP) is 6.11. The average Bonchev–Trinajstić information content (AvgIpc) is 3.59. The summed E-state index contributed by atoms with van der Waals surface area (Å²) in [5, 5.41) is 5.63. The monoisotopic (exact) mass is 572 g/mol. The predicted molar refractivity (Wildman–Crippen MR) is 169 cm³/mol. The van der Waals surface area contributed by atoms with Gasteiger partial charge < -0.3 is 19.6 Å². The van der Waals surface area contributed by atoms with Gasteiger partial charge in [0.2, 0.25) is 5.95 Å². The van der Waals surface area contributed by atoms with Gasteiger partial charge in [0.25, 0.3) is 0 Å². The Hall–Kier alpha value is -3.08. The third kappa shape index (κ3) is 5.82. The number of aromatic nitrogens is 5. The van der Waals surface area contributed by atoms with Gasteiger partial charge in [-0.3, -0.25) is 9.88 Å². The van der Waals surface area contributed by atoms with Crippen LogP contribution in [0.1, 0.15) is 58.4 Å². The molecule has 9 nitrogen and oxygen atoms in total. The fourth-order valence-corrected chi connectivity index (χ4v) is 7.09. The summed E-state index contributed by atoms with van der Waals surface area (Å²) in [4.78, 5) is 34.3. The van der Waals surface area contributed by atoms with Gasteiger partial charge in [-0.1, -0.05) is 26.7 Å². The second-order valence-corrected chi connectivity index (χ2v) is 17.5. The first kappa shape index (κ1) is 28.1. The largest absolute Gasteiger partial charge is 0.432 e. The van der Waals surface area contributed by atoms with Crippen LogP contribution in [-0.4, -0.2) is 75.2 Å². The van der Waals surface area contributed by atoms with Crippen molar-refractivity contribution in [2.75, 3.05) is 42.9 Å². The number of pyridine rings is 2. The highest BCUT2D eigenvalue weighted by Gasteiger charge is 2.37. The van der Waals surface area contributed by atoms with E-state index in [0.717, 1.165) is 79.0 Å². The number of anilines is 3. The SMILES string of the molecule is CC(C)(CCCN1CCN(c2ccc(Nc3ncc4c5ccncc5n(C5CCCC5)c4n3)nc2)CC1)[Si](C)(C)O. The molecule has 0 radical (unpaired) electrons. The summed E-state index contributed by atoms with van der Waals surface area (Å²) in [6, 6.07) is 6.69. The van der Waals surface area contributed by atoms with Crippen LogP contribution < -0.4 is 10.2 Å². The number of hydrogen-bond acceptors (Lipinski definition) is 8. The van der Waals surface area contributed by atoms with Crippen LogP contribution in [0, 0.1) is 0 Å². The van der Waals surface area contributed by atoms with Crippen molar-refractivity contribution in [2.24, 2.45) is 0 Å². The summed E-state index contributed by atoms with van der Waals surface area (Å²) in [6.07, 6.45) is 14.8. The summed E-state index contributed by atoms with van der Waals surface area (Å²) >= 11 is 0. The molecular formula is C31H44N8OSi. The molecule has 1 saturated carbocycles. The number of rotatable bonds is 9. The summed E-state index contributed by atoms with van der Waals surface area (Å²) in [6.45, 7) is 13.8. The van der Waals surface area contributed by atoms with Crippen LogP contribution in [0.25, 0.3) is 21.9 Å². The van der Waals surface area contributed by atoms with Gasteiger partial charge in [0.15, 0.2) is 8.32 Å². The Bertz CT molecular complexity index is 1480. The van der Waals surface area contributed by atoms with Gasteiger partial charge in [-0.2, -0.15) is 4.98 Å². The molecule has 0 atom stereocenters. The molecule has 41 heavy (non-hydrogen) atoms. The second kappa shape index (κ2) is 11.3. The van der Waals surface area contributed by atoms with Gasteiger partial charge >= 0.3 is 0 Å². The zero-order valence-electron chi connectivity index (χ0n) is 25.0. The van der Waals surface area contributed by atoms with Crippen LogP contribution in [0.3, 0.4) is 0 Å². The third-order valence-corrected chi connectivity index (χ3v) is 13.3. The zero-order chi connectivity index (χ0) is 28.6. The van der Waals surface area contributed by atoms with Gasteiger partial charge in [0.1, 0.15) is 11.5 Å². The van der Waals surface area contributed by atoms with E-state index in [1.54, 1.807) is 0 Å². The average molecular weight is 573 g/mol. The van der Waals surface area contributed by atoms with Crippen LogP contribution in [0.15, 0.2) is 43.0 Å². The molecule has 0 bridgehead atoms. The Morgan fingerprint density at radius 1 is 0.976 bits per heavy atom. The lowest BCUT2D eigenvalue weighted by Gasteiger charge is -2.38. The molecule has 0 spiro atoms. The lowest BCUT2D eigenvalue weighted by Crippen LogP contribution is -2.47. The Morgan fingerprint density at radius 3 is 2.46 bits per heavy atom. The molecule has 218 valence electrons. The Balaban J connectivity index is 1.08. The summed E-state index contributed by atoms with van der Waals surface area (Å²) in [7, 11) is -2.13. The number of nitrogens with zero attached hydrogens (tertiary/aromatic N) is 7. The molecule has 4 aromatic rings. The molecule has 10 heteroatoms. The molecule has 4 aromatic heterocycles. The first-order valence-electron chi connectivity index (χ1n) is 15.2. The minimum absolute atomic E-state index is 0.0545. The third-order valence-electron chi connectivity index (χ3n) is 9.69. The van der Waals surface area contributed by atoms with Crippen molar-refractivity contribution in [1.82, 2.24) is 29.4 Å². The van der Waals surface area contributed by atoms with Crippen molar-refractivity contribution in [2.45, 2.75) is 76.5 Å². The molecule has 2 aliphatic rings. The molecule has 2 fully saturated rings. The first-order chi connectivity index (χ1) is 19.7. The van der Waals surface area contributed by atoms with Crippen LogP contribution in [0.5, 0.6) is 0 Å². The van der Waals surface area contributed by atoms with Gasteiger partial charge in [0, 0.05) is 55.4 Å². The second-order valence-electron chi connectivity index (χ2n) is 13.0. The summed E-state index contributed by atoms with van der Waals surface area (Å²) in [5.74, 6) is 1.31. The Labute approximate surface area is 244 Å². The minimum Gasteiger partial charge on any atom is -0.432 e. The lowest BCUT2D eigenvalue weighted by atomic mass is 10.1. The maximum atomic E-state index is 10.6. The van der Waals surface area contributed by atoms with E-state index in [2.05, 4.69) is 68.7 Å². The summed E-state index contributed by atoms with van der Waals surface area (Å²) in [5.41, 5.74) is 3.26. The fourth-order valence-electron chi connectivity index (χ4n) is 6.30. The van der Waals surface area contributed by atoms with Gasteiger partial charge in [-0.25, -0.2) is 9.97 Å². The molecule has 0 amide bonds. The standard InChI is InChI=1S/C31H44N8OSi/c1-31(2,41(3,4)40)13-7-15-37-16-18-38(19-17-37)24-10-11-28(33-20-24)35-30-34-21-26-25-12-14-32-22-27(25)39(29(26)36-30)23-8-5-6-9-23/h10-12,14,20-23,40H,5-9,13,15-19H2,1-4H3,(H,33,34,35,36). The zero-order valence-corrected chi connectivity index (χ0v) is 26.0. The van der Waals surface area contributed by atoms with E-state index in [1.165, 1.54) is 25.7 Å². The van der Waals surface area contributed by atoms with E-state index in [1.807, 2.05) is 30.9 Å². The lowest BCUT2D eigenvalue weighted by molar-refractivity contribution is 0.247. The topological polar surface area (TPSA) is 95.2 Å². The fraction of sp³-hybridized carbons (Fsp3) is 0.548. The maximum absolute atomic E-state index is 10.6. The van der Waals surface area contributed by atoms with Gasteiger partial charge in [0.05, 0.1) is 23.6 Å². The van der Waals surface area contributed by atoms with Gasteiger partial charge in [-0.05, 0) is 68.6 Å². The van der Waals surface area contributed by atoms with Crippen LogP contribution in [-0.2, 0) is 0 Å². The quantitative estimate of drug-likeness (QED) is 0.232. The molecule has 0 aromatic carbocycles. The molecule has 1 saturated heterocycles. The normalized spacial score (nSPS) is 17.6. The Kier molecular flexibility index (Phi) is 7.73. The molecule has 2 N–H and O–H groups in total. The van der Waals surface area contributed by atoms with Crippen molar-refractivity contribution in [3.63, 3.8) is 0 Å². The van der Waals surface area contributed by atoms with E-state index in [4.69, 9.17) is 9.97 Å². The van der Waals surface area contributed by atoms with Crippen LogP contribution in [0.2, 0.25) is 18.1 Å². The summed E-state index contributed by atoms with van der Waals surface area (Å²) < 4.78 is 2.38. The number of piperazine rings is 1. The molecule has 6 rings (SSSR count). The van der Waals surface area contributed by atoms with Gasteiger partial charge in [-0.15, -0.1) is 0 Å². The van der Waals surface area contributed by atoms with E-state index in [-0.39, 0.29) is 5.04 Å². The van der Waals surface area contributed by atoms with E-state index >= 15 is 0 Å². The highest BCUT2D eigenvalue weighted by Crippen LogP contribution is 2.40.